The van der Waals surface area contributed by atoms with E-state index in [2.05, 4.69) is 0 Å². The molecule has 2 saturated heterocycles. The van der Waals surface area contributed by atoms with Gasteiger partial charge in [0, 0.05) is 12.1 Å². The summed E-state index contributed by atoms with van der Waals surface area (Å²) in [5.74, 6) is -0.578. The SMILES string of the molecule is CC1(C)COC2COCC(OC(=O)c3ccc([N+](=O)[O-])cc3)C2O1. The molecule has 3 rings (SSSR count). The van der Waals surface area contributed by atoms with E-state index < -0.39 is 28.7 Å². The van der Waals surface area contributed by atoms with E-state index in [1.807, 2.05) is 13.8 Å². The molecule has 2 fully saturated rings. The van der Waals surface area contributed by atoms with Gasteiger partial charge in [-0.1, -0.05) is 0 Å². The summed E-state index contributed by atoms with van der Waals surface area (Å²) >= 11 is 0. The van der Waals surface area contributed by atoms with Crippen molar-refractivity contribution in [2.45, 2.75) is 37.8 Å². The molecule has 0 radical (unpaired) electrons. The number of nitro benzene ring substituents is 1. The van der Waals surface area contributed by atoms with Gasteiger partial charge in [0.15, 0.2) is 6.10 Å². The van der Waals surface area contributed by atoms with Gasteiger partial charge in [0.05, 0.1) is 35.9 Å². The zero-order valence-corrected chi connectivity index (χ0v) is 13.5. The molecule has 24 heavy (non-hydrogen) atoms. The summed E-state index contributed by atoms with van der Waals surface area (Å²) in [5.41, 5.74) is -0.312. The third-order valence-corrected chi connectivity index (χ3v) is 3.97. The van der Waals surface area contributed by atoms with Crippen LogP contribution in [0.3, 0.4) is 0 Å². The van der Waals surface area contributed by atoms with Crippen molar-refractivity contribution in [2.75, 3.05) is 19.8 Å². The summed E-state index contributed by atoms with van der Waals surface area (Å²) in [7, 11) is 0. The number of carbonyl (C=O) groups is 1. The summed E-state index contributed by atoms with van der Waals surface area (Å²) < 4.78 is 22.7. The smallest absolute Gasteiger partial charge is 0.338 e. The number of ether oxygens (including phenoxy) is 4. The molecule has 0 spiro atoms. The second-order valence-corrected chi connectivity index (χ2v) is 6.48. The highest BCUT2D eigenvalue weighted by Crippen LogP contribution is 2.29. The quantitative estimate of drug-likeness (QED) is 0.470. The van der Waals surface area contributed by atoms with Crippen molar-refractivity contribution < 1.29 is 28.7 Å². The van der Waals surface area contributed by atoms with Crippen LogP contribution in [0, 0.1) is 10.1 Å². The highest BCUT2D eigenvalue weighted by molar-refractivity contribution is 5.89. The van der Waals surface area contributed by atoms with Gasteiger partial charge in [-0.2, -0.15) is 0 Å². The van der Waals surface area contributed by atoms with Gasteiger partial charge in [-0.25, -0.2) is 4.79 Å². The highest BCUT2D eigenvalue weighted by Gasteiger charge is 2.45. The number of fused-ring (bicyclic) bond motifs is 1. The van der Waals surface area contributed by atoms with Crippen molar-refractivity contribution in [3.8, 4) is 0 Å². The van der Waals surface area contributed by atoms with Gasteiger partial charge in [0.2, 0.25) is 0 Å². The van der Waals surface area contributed by atoms with Crippen LogP contribution in [0.15, 0.2) is 24.3 Å². The molecular formula is C16H19NO7. The summed E-state index contributed by atoms with van der Waals surface area (Å²) in [6.07, 6.45) is -1.27. The molecule has 1 aromatic rings. The molecule has 8 nitrogen and oxygen atoms in total. The summed E-state index contributed by atoms with van der Waals surface area (Å²) in [4.78, 5) is 22.4. The molecule has 0 aliphatic carbocycles. The van der Waals surface area contributed by atoms with E-state index >= 15 is 0 Å². The number of nitrogens with zero attached hydrogens (tertiary/aromatic N) is 1. The molecule has 3 atom stereocenters. The number of hydrogen-bond donors (Lipinski definition) is 0. The maximum absolute atomic E-state index is 12.3. The van der Waals surface area contributed by atoms with Crippen LogP contribution in [-0.4, -0.2) is 54.6 Å². The number of carbonyl (C=O) groups excluding carboxylic acids is 1. The molecule has 0 saturated carbocycles. The fraction of sp³-hybridized carbons (Fsp3) is 0.562. The standard InChI is InChI=1S/C16H19NO7/c1-16(2)9-22-12-7-21-8-13(14(12)24-16)23-15(18)10-3-5-11(6-4-10)17(19)20/h3-6,12-14H,7-9H2,1-2H3. The average molecular weight is 337 g/mol. The molecule has 0 amide bonds. The number of nitro groups is 1. The molecule has 2 aliphatic heterocycles. The number of non-ortho nitro benzene ring substituents is 1. The van der Waals surface area contributed by atoms with Gasteiger partial charge in [-0.15, -0.1) is 0 Å². The van der Waals surface area contributed by atoms with E-state index in [1.54, 1.807) is 0 Å². The molecule has 0 aromatic heterocycles. The minimum absolute atomic E-state index is 0.0848. The third kappa shape index (κ3) is 3.55. The van der Waals surface area contributed by atoms with Crippen LogP contribution in [0.25, 0.3) is 0 Å². The van der Waals surface area contributed by atoms with Crippen LogP contribution < -0.4 is 0 Å². The van der Waals surface area contributed by atoms with Crippen molar-refractivity contribution in [1.82, 2.24) is 0 Å². The molecule has 2 aliphatic rings. The monoisotopic (exact) mass is 337 g/mol. The molecule has 0 N–H and O–H groups in total. The first-order chi connectivity index (χ1) is 11.4. The van der Waals surface area contributed by atoms with E-state index in [1.165, 1.54) is 24.3 Å². The molecule has 8 heteroatoms. The number of rotatable bonds is 3. The lowest BCUT2D eigenvalue weighted by Crippen LogP contribution is -2.59. The Bertz CT molecular complexity index is 628. The number of benzene rings is 1. The van der Waals surface area contributed by atoms with Gasteiger partial charge in [0.25, 0.3) is 5.69 Å². The average Bonchev–Trinajstić information content (AvgIpc) is 2.55. The molecular weight excluding hydrogens is 318 g/mol. The molecule has 130 valence electrons. The Kier molecular flexibility index (Phi) is 4.53. The van der Waals surface area contributed by atoms with Crippen molar-refractivity contribution in [2.24, 2.45) is 0 Å². The predicted molar refractivity (Wildman–Crippen MR) is 81.8 cm³/mol. The topological polar surface area (TPSA) is 97.1 Å². The predicted octanol–water partition coefficient (Wildman–Crippen LogP) is 1.71. The van der Waals surface area contributed by atoms with Gasteiger partial charge < -0.3 is 18.9 Å². The second-order valence-electron chi connectivity index (χ2n) is 6.48. The Morgan fingerprint density at radius 3 is 2.67 bits per heavy atom. The summed E-state index contributed by atoms with van der Waals surface area (Å²) in [6.45, 7) is 4.88. The van der Waals surface area contributed by atoms with E-state index in [0.29, 0.717) is 13.2 Å². The lowest BCUT2D eigenvalue weighted by Gasteiger charge is -2.45. The zero-order chi connectivity index (χ0) is 17.3. The lowest BCUT2D eigenvalue weighted by molar-refractivity contribution is -0.384. The Morgan fingerprint density at radius 1 is 1.29 bits per heavy atom. The number of esters is 1. The van der Waals surface area contributed by atoms with Crippen LogP contribution in [0.2, 0.25) is 0 Å². The maximum atomic E-state index is 12.3. The first-order valence-electron chi connectivity index (χ1n) is 7.68. The summed E-state index contributed by atoms with van der Waals surface area (Å²) in [6, 6.07) is 5.26. The van der Waals surface area contributed by atoms with Gasteiger partial charge in [-0.3, -0.25) is 10.1 Å². The highest BCUT2D eigenvalue weighted by atomic mass is 16.6. The van der Waals surface area contributed by atoms with Crippen LogP contribution in [0.1, 0.15) is 24.2 Å². The van der Waals surface area contributed by atoms with E-state index in [4.69, 9.17) is 18.9 Å². The minimum atomic E-state index is -0.592. The normalized spacial score (nSPS) is 28.7. The fourth-order valence-corrected chi connectivity index (χ4v) is 2.76. The second kappa shape index (κ2) is 6.46. The fourth-order valence-electron chi connectivity index (χ4n) is 2.76. The largest absolute Gasteiger partial charge is 0.453 e. The van der Waals surface area contributed by atoms with Crippen molar-refractivity contribution in [1.29, 1.82) is 0 Å². The third-order valence-electron chi connectivity index (χ3n) is 3.97. The van der Waals surface area contributed by atoms with Gasteiger partial charge >= 0.3 is 5.97 Å². The first kappa shape index (κ1) is 16.8. The first-order valence-corrected chi connectivity index (χ1v) is 7.68. The van der Waals surface area contributed by atoms with Crippen LogP contribution in [-0.2, 0) is 18.9 Å². The van der Waals surface area contributed by atoms with E-state index in [-0.39, 0.29) is 24.0 Å². The Hall–Kier alpha value is -2.03. The Balaban J connectivity index is 1.69. The Morgan fingerprint density at radius 2 is 2.00 bits per heavy atom. The minimum Gasteiger partial charge on any atom is -0.453 e. The molecule has 3 unspecified atom stereocenters. The maximum Gasteiger partial charge on any atom is 0.338 e. The van der Waals surface area contributed by atoms with Gasteiger partial charge in [-0.05, 0) is 26.0 Å². The van der Waals surface area contributed by atoms with Gasteiger partial charge in [0.1, 0.15) is 12.2 Å². The van der Waals surface area contributed by atoms with Crippen LogP contribution in [0.4, 0.5) is 5.69 Å². The van der Waals surface area contributed by atoms with E-state index in [9.17, 15) is 14.9 Å². The molecule has 2 heterocycles. The molecule has 0 bridgehead atoms. The molecule has 1 aromatic carbocycles. The zero-order valence-electron chi connectivity index (χ0n) is 13.5. The van der Waals surface area contributed by atoms with Crippen LogP contribution in [0.5, 0.6) is 0 Å². The van der Waals surface area contributed by atoms with Crippen LogP contribution >= 0.6 is 0 Å². The summed E-state index contributed by atoms with van der Waals surface area (Å²) in [5, 5.41) is 10.7. The Labute approximate surface area is 138 Å². The van der Waals surface area contributed by atoms with Crippen molar-refractivity contribution in [3.05, 3.63) is 39.9 Å². The lowest BCUT2D eigenvalue weighted by atomic mass is 10.0. The number of hydrogen-bond acceptors (Lipinski definition) is 7. The van der Waals surface area contributed by atoms with E-state index in [0.717, 1.165) is 0 Å². The van der Waals surface area contributed by atoms with Crippen molar-refractivity contribution in [3.63, 3.8) is 0 Å². The van der Waals surface area contributed by atoms with Crippen molar-refractivity contribution >= 4 is 11.7 Å².